The quantitative estimate of drug-likeness (QED) is 0.396. The monoisotopic (exact) mass is 534 g/mol. The highest BCUT2D eigenvalue weighted by molar-refractivity contribution is 5.98. The number of carbonyl (C=O) groups is 3. The minimum Gasteiger partial charge on any atom is -0.496 e. The highest BCUT2D eigenvalue weighted by atomic mass is 19.1. The summed E-state index contributed by atoms with van der Waals surface area (Å²) in [6, 6.07) is 2.21. The maximum atomic E-state index is 14.9. The van der Waals surface area contributed by atoms with Crippen LogP contribution in [-0.4, -0.2) is 50.7 Å². The lowest BCUT2D eigenvalue weighted by Gasteiger charge is -2.35. The molecule has 2 fully saturated rings. The zero-order valence-electron chi connectivity index (χ0n) is 23.4. The minimum absolute atomic E-state index is 0.0338. The van der Waals surface area contributed by atoms with Crippen molar-refractivity contribution in [3.8, 4) is 11.5 Å². The molecule has 0 aliphatic heterocycles. The fourth-order valence-corrected chi connectivity index (χ4v) is 5.59. The topological polar surface area (TPSA) is 103 Å². The first-order valence-electron chi connectivity index (χ1n) is 13.9. The zero-order valence-corrected chi connectivity index (χ0v) is 23.4. The Balaban J connectivity index is 1.68. The van der Waals surface area contributed by atoms with Crippen molar-refractivity contribution in [3.05, 3.63) is 23.5 Å². The Morgan fingerprint density at radius 1 is 1.05 bits per heavy atom. The van der Waals surface area contributed by atoms with Crippen molar-refractivity contribution in [1.82, 2.24) is 10.6 Å². The number of esters is 1. The number of hydrogen-bond donors (Lipinski definition) is 2. The number of benzene rings is 1. The summed E-state index contributed by atoms with van der Waals surface area (Å²) in [7, 11) is 2.76. The van der Waals surface area contributed by atoms with Crippen LogP contribution in [0.1, 0.15) is 88.9 Å². The zero-order chi connectivity index (χ0) is 27.9. The Morgan fingerprint density at radius 2 is 1.74 bits per heavy atom. The number of amides is 2. The van der Waals surface area contributed by atoms with Gasteiger partial charge in [0.15, 0.2) is 11.6 Å². The van der Waals surface area contributed by atoms with Crippen LogP contribution in [0.15, 0.2) is 12.1 Å². The molecular weight excluding hydrogens is 491 g/mol. The molecule has 0 heterocycles. The van der Waals surface area contributed by atoms with Gasteiger partial charge in [0.1, 0.15) is 5.75 Å². The molecule has 0 bridgehead atoms. The lowest BCUT2D eigenvalue weighted by atomic mass is 9.75. The second-order valence-corrected chi connectivity index (χ2v) is 10.9. The van der Waals surface area contributed by atoms with E-state index in [-0.39, 0.29) is 47.0 Å². The van der Waals surface area contributed by atoms with Crippen molar-refractivity contribution in [3.63, 3.8) is 0 Å². The first-order valence-corrected chi connectivity index (χ1v) is 13.9. The van der Waals surface area contributed by atoms with E-state index in [1.54, 1.807) is 0 Å². The van der Waals surface area contributed by atoms with Crippen molar-refractivity contribution in [2.45, 2.75) is 90.7 Å². The van der Waals surface area contributed by atoms with Crippen molar-refractivity contribution < 1.29 is 33.0 Å². The van der Waals surface area contributed by atoms with Crippen LogP contribution in [0.4, 0.5) is 4.39 Å². The molecule has 0 unspecified atom stereocenters. The average Bonchev–Trinajstić information content (AvgIpc) is 3.38. The number of methoxy groups -OCH3 is 2. The van der Waals surface area contributed by atoms with Gasteiger partial charge in [-0.3, -0.25) is 14.4 Å². The van der Waals surface area contributed by atoms with Gasteiger partial charge in [-0.2, -0.15) is 0 Å². The minimum atomic E-state index is -0.626. The summed E-state index contributed by atoms with van der Waals surface area (Å²) in [6.45, 7) is 6.73. The SMILES string of the molecule is CCC(CC)CNC(=O)[C@H]1CCC[C@H]1NC(=O)c1cc(OC2CCC(C)(C(=O)OC)CC2)c(F)cc1OC. The molecule has 0 saturated heterocycles. The Kier molecular flexibility index (Phi) is 10.4. The van der Waals surface area contributed by atoms with Gasteiger partial charge in [0.25, 0.3) is 5.91 Å². The molecule has 3 rings (SSSR count). The summed E-state index contributed by atoms with van der Waals surface area (Å²) in [6.07, 6.45) is 6.23. The molecule has 38 heavy (non-hydrogen) atoms. The molecule has 2 atom stereocenters. The van der Waals surface area contributed by atoms with Gasteiger partial charge in [-0.15, -0.1) is 0 Å². The Morgan fingerprint density at radius 3 is 2.34 bits per heavy atom. The summed E-state index contributed by atoms with van der Waals surface area (Å²) in [5.41, 5.74) is -0.418. The Hall–Kier alpha value is -2.84. The third kappa shape index (κ3) is 6.97. The number of nitrogens with one attached hydrogen (secondary N) is 2. The third-order valence-electron chi connectivity index (χ3n) is 8.40. The van der Waals surface area contributed by atoms with Gasteiger partial charge in [-0.25, -0.2) is 4.39 Å². The molecule has 1 aromatic rings. The van der Waals surface area contributed by atoms with Crippen LogP contribution in [0.5, 0.6) is 11.5 Å². The molecule has 2 N–H and O–H groups in total. The van der Waals surface area contributed by atoms with Crippen LogP contribution in [0.25, 0.3) is 0 Å². The Labute approximate surface area is 225 Å². The predicted molar refractivity (Wildman–Crippen MR) is 142 cm³/mol. The van der Waals surface area contributed by atoms with Gasteiger partial charge in [-0.05, 0) is 57.4 Å². The normalized spacial score (nSPS) is 25.1. The highest BCUT2D eigenvalue weighted by Gasteiger charge is 2.39. The molecular formula is C29H43FN2O6. The van der Waals surface area contributed by atoms with Crippen molar-refractivity contribution in [1.29, 1.82) is 0 Å². The molecule has 0 radical (unpaired) electrons. The molecule has 2 aliphatic rings. The predicted octanol–water partition coefficient (Wildman–Crippen LogP) is 4.79. The summed E-state index contributed by atoms with van der Waals surface area (Å²) in [4.78, 5) is 38.3. The number of halogens is 1. The van der Waals surface area contributed by atoms with E-state index >= 15 is 0 Å². The van der Waals surface area contributed by atoms with Gasteiger partial charge in [0, 0.05) is 18.7 Å². The number of carbonyl (C=O) groups excluding carboxylic acids is 3. The van der Waals surface area contributed by atoms with Gasteiger partial charge < -0.3 is 24.8 Å². The van der Waals surface area contributed by atoms with Crippen LogP contribution < -0.4 is 20.1 Å². The van der Waals surface area contributed by atoms with E-state index in [4.69, 9.17) is 14.2 Å². The average molecular weight is 535 g/mol. The van der Waals surface area contributed by atoms with Gasteiger partial charge in [-0.1, -0.05) is 33.1 Å². The van der Waals surface area contributed by atoms with Crippen LogP contribution >= 0.6 is 0 Å². The standard InChI is InChI=1S/C29H43FN2O6/c1-6-18(7-2)17-31-26(33)20-9-8-10-23(20)32-27(34)21-15-25(22(30)16-24(21)36-4)38-19-11-13-29(3,14-12-19)28(35)37-5/h15-16,18-20,23H,6-14,17H2,1-5H3,(H,31,33)(H,32,34)/t19?,20-,23+,29?/m0/s1. The summed E-state index contributed by atoms with van der Waals surface area (Å²) in [5.74, 6) is -1.14. The molecule has 0 aromatic heterocycles. The molecule has 9 heteroatoms. The summed E-state index contributed by atoms with van der Waals surface area (Å²) >= 11 is 0. The number of hydrogen-bond acceptors (Lipinski definition) is 6. The maximum absolute atomic E-state index is 14.9. The fourth-order valence-electron chi connectivity index (χ4n) is 5.59. The van der Waals surface area contributed by atoms with E-state index in [2.05, 4.69) is 24.5 Å². The fraction of sp³-hybridized carbons (Fsp3) is 0.690. The van der Waals surface area contributed by atoms with Crippen LogP contribution in [0.3, 0.4) is 0 Å². The van der Waals surface area contributed by atoms with E-state index in [0.717, 1.165) is 25.3 Å². The highest BCUT2D eigenvalue weighted by Crippen LogP contribution is 2.39. The smallest absolute Gasteiger partial charge is 0.311 e. The first-order chi connectivity index (χ1) is 18.1. The number of rotatable bonds is 11. The van der Waals surface area contributed by atoms with Crippen molar-refractivity contribution >= 4 is 17.8 Å². The third-order valence-corrected chi connectivity index (χ3v) is 8.40. The molecule has 2 aliphatic carbocycles. The van der Waals surface area contributed by atoms with Crippen molar-refractivity contribution in [2.75, 3.05) is 20.8 Å². The van der Waals surface area contributed by atoms with Gasteiger partial charge >= 0.3 is 5.97 Å². The van der Waals surface area contributed by atoms with Crippen LogP contribution in [-0.2, 0) is 14.3 Å². The van der Waals surface area contributed by atoms with Crippen molar-refractivity contribution in [2.24, 2.45) is 17.3 Å². The molecule has 212 valence electrons. The van der Waals surface area contributed by atoms with E-state index in [1.807, 2.05) is 6.92 Å². The first kappa shape index (κ1) is 29.7. The van der Waals surface area contributed by atoms with Crippen LogP contribution in [0.2, 0.25) is 0 Å². The van der Waals surface area contributed by atoms with Crippen LogP contribution in [0, 0.1) is 23.1 Å². The Bertz CT molecular complexity index is 988. The maximum Gasteiger partial charge on any atom is 0.311 e. The lowest BCUT2D eigenvalue weighted by Crippen LogP contribution is -2.45. The molecule has 8 nitrogen and oxygen atoms in total. The van der Waals surface area contributed by atoms with Gasteiger partial charge in [0.2, 0.25) is 5.91 Å². The second-order valence-electron chi connectivity index (χ2n) is 10.9. The number of ether oxygens (including phenoxy) is 3. The molecule has 1 aromatic carbocycles. The second kappa shape index (κ2) is 13.3. The largest absolute Gasteiger partial charge is 0.496 e. The van der Waals surface area contributed by atoms with Gasteiger partial charge in [0.05, 0.1) is 37.2 Å². The van der Waals surface area contributed by atoms with E-state index in [1.165, 1.54) is 20.3 Å². The summed E-state index contributed by atoms with van der Waals surface area (Å²) in [5, 5.41) is 6.04. The van der Waals surface area contributed by atoms with E-state index in [9.17, 15) is 18.8 Å². The van der Waals surface area contributed by atoms with E-state index < -0.39 is 17.1 Å². The summed E-state index contributed by atoms with van der Waals surface area (Å²) < 4.78 is 31.1. The lowest BCUT2D eigenvalue weighted by molar-refractivity contribution is -0.154. The molecule has 2 saturated carbocycles. The molecule has 0 spiro atoms. The van der Waals surface area contributed by atoms with E-state index in [0.29, 0.717) is 51.0 Å². The molecule has 2 amide bonds.